The van der Waals surface area contributed by atoms with Crippen LogP contribution in [0, 0.1) is 6.92 Å². The van der Waals surface area contributed by atoms with E-state index in [-0.39, 0.29) is 5.78 Å². The van der Waals surface area contributed by atoms with Gasteiger partial charge in [0.25, 0.3) is 0 Å². The van der Waals surface area contributed by atoms with Crippen molar-refractivity contribution in [2.75, 3.05) is 5.75 Å². The molecule has 0 aliphatic carbocycles. The van der Waals surface area contributed by atoms with Gasteiger partial charge in [-0.2, -0.15) is 0 Å². The number of Topliss-reactive ketones (excluding diaryl/α,β-unsaturated/α-hetero) is 1. The van der Waals surface area contributed by atoms with Crippen molar-refractivity contribution in [3.05, 3.63) is 40.7 Å². The number of carbonyl (C=O) groups excluding carboxylic acids is 1. The lowest BCUT2D eigenvalue weighted by Gasteiger charge is -1.98. The molecular weight excluding hydrogens is 258 g/mol. The molecule has 0 saturated carbocycles. The van der Waals surface area contributed by atoms with Gasteiger partial charge in [-0.25, -0.2) is 4.98 Å². The number of hydrogen-bond acceptors (Lipinski definition) is 4. The maximum absolute atomic E-state index is 11.8. The van der Waals surface area contributed by atoms with E-state index in [0.717, 1.165) is 5.82 Å². The summed E-state index contributed by atoms with van der Waals surface area (Å²) in [5, 5.41) is 7.89. The SMILES string of the molecule is Cc1nc(SCC(=O)c2ccc(Cl)cc2)n[nH]1. The van der Waals surface area contributed by atoms with Gasteiger partial charge in [-0.1, -0.05) is 23.4 Å². The van der Waals surface area contributed by atoms with Crippen molar-refractivity contribution >= 4 is 29.1 Å². The van der Waals surface area contributed by atoms with Crippen LogP contribution in [0.1, 0.15) is 16.2 Å². The lowest BCUT2D eigenvalue weighted by atomic mass is 10.1. The first kappa shape index (κ1) is 12.1. The van der Waals surface area contributed by atoms with Crippen molar-refractivity contribution in [1.82, 2.24) is 15.2 Å². The van der Waals surface area contributed by atoms with Crippen LogP contribution in [0.4, 0.5) is 0 Å². The first-order valence-corrected chi connectivity index (χ1v) is 6.32. The van der Waals surface area contributed by atoms with Crippen LogP contribution in [0.2, 0.25) is 5.02 Å². The van der Waals surface area contributed by atoms with Gasteiger partial charge in [-0.05, 0) is 31.2 Å². The van der Waals surface area contributed by atoms with Crippen LogP contribution in [0.3, 0.4) is 0 Å². The molecule has 1 heterocycles. The predicted octanol–water partition coefficient (Wildman–Crippen LogP) is 2.74. The number of halogens is 1. The van der Waals surface area contributed by atoms with E-state index in [0.29, 0.717) is 21.5 Å². The Hall–Kier alpha value is -1.33. The van der Waals surface area contributed by atoms with Crippen molar-refractivity contribution in [3.8, 4) is 0 Å². The second-order valence-corrected chi connectivity index (χ2v) is 4.80. The molecule has 1 aromatic heterocycles. The van der Waals surface area contributed by atoms with Gasteiger partial charge in [0.05, 0.1) is 5.75 Å². The number of ketones is 1. The zero-order valence-corrected chi connectivity index (χ0v) is 10.7. The molecule has 2 rings (SSSR count). The number of benzene rings is 1. The Morgan fingerprint density at radius 1 is 1.41 bits per heavy atom. The van der Waals surface area contributed by atoms with E-state index in [1.165, 1.54) is 11.8 Å². The Morgan fingerprint density at radius 3 is 2.71 bits per heavy atom. The highest BCUT2D eigenvalue weighted by molar-refractivity contribution is 7.99. The molecule has 2 aromatic rings. The van der Waals surface area contributed by atoms with Gasteiger partial charge >= 0.3 is 0 Å². The van der Waals surface area contributed by atoms with E-state index in [9.17, 15) is 4.79 Å². The third-order valence-corrected chi connectivity index (χ3v) is 3.17. The molecule has 0 bridgehead atoms. The molecule has 88 valence electrons. The summed E-state index contributed by atoms with van der Waals surface area (Å²) < 4.78 is 0. The zero-order valence-electron chi connectivity index (χ0n) is 9.11. The Balaban J connectivity index is 1.95. The van der Waals surface area contributed by atoms with Crippen molar-refractivity contribution in [2.45, 2.75) is 12.1 Å². The van der Waals surface area contributed by atoms with E-state index in [1.807, 2.05) is 6.92 Å². The molecule has 1 N–H and O–H groups in total. The molecule has 0 saturated heterocycles. The van der Waals surface area contributed by atoms with Crippen LogP contribution in [-0.4, -0.2) is 26.7 Å². The molecule has 0 atom stereocenters. The minimum Gasteiger partial charge on any atom is -0.293 e. The first-order chi connectivity index (χ1) is 8.15. The Labute approximate surface area is 108 Å². The van der Waals surface area contributed by atoms with Gasteiger partial charge < -0.3 is 0 Å². The van der Waals surface area contributed by atoms with Crippen molar-refractivity contribution in [1.29, 1.82) is 0 Å². The molecule has 0 spiro atoms. The van der Waals surface area contributed by atoms with Crippen LogP contribution >= 0.6 is 23.4 Å². The third kappa shape index (κ3) is 3.31. The largest absolute Gasteiger partial charge is 0.293 e. The smallest absolute Gasteiger partial charge is 0.208 e. The molecule has 17 heavy (non-hydrogen) atoms. The van der Waals surface area contributed by atoms with E-state index >= 15 is 0 Å². The maximum atomic E-state index is 11.8. The summed E-state index contributed by atoms with van der Waals surface area (Å²) in [6.45, 7) is 1.82. The summed E-state index contributed by atoms with van der Waals surface area (Å²) in [6, 6.07) is 6.84. The fourth-order valence-corrected chi connectivity index (χ4v) is 2.10. The van der Waals surface area contributed by atoms with E-state index in [4.69, 9.17) is 11.6 Å². The lowest BCUT2D eigenvalue weighted by molar-refractivity contribution is 0.102. The number of thioether (sulfide) groups is 1. The summed E-state index contributed by atoms with van der Waals surface area (Å²) >= 11 is 7.06. The molecule has 0 aliphatic heterocycles. The van der Waals surface area contributed by atoms with Gasteiger partial charge in [-0.15, -0.1) is 5.10 Å². The number of aromatic amines is 1. The topological polar surface area (TPSA) is 58.6 Å². The average Bonchev–Trinajstić information content (AvgIpc) is 2.73. The number of H-pyrrole nitrogens is 1. The molecule has 6 heteroatoms. The van der Waals surface area contributed by atoms with Gasteiger partial charge in [0.1, 0.15) is 5.82 Å². The molecular formula is C11H10ClN3OS. The fraction of sp³-hybridized carbons (Fsp3) is 0.182. The van der Waals surface area contributed by atoms with Crippen molar-refractivity contribution in [2.24, 2.45) is 0 Å². The molecule has 0 fully saturated rings. The van der Waals surface area contributed by atoms with E-state index in [2.05, 4.69) is 15.2 Å². The third-order valence-electron chi connectivity index (χ3n) is 2.08. The number of nitrogens with zero attached hydrogens (tertiary/aromatic N) is 2. The Kier molecular flexibility index (Phi) is 3.81. The molecule has 4 nitrogen and oxygen atoms in total. The van der Waals surface area contributed by atoms with Crippen LogP contribution in [0.5, 0.6) is 0 Å². The minimum atomic E-state index is 0.0362. The molecule has 0 aliphatic rings. The van der Waals surface area contributed by atoms with Gasteiger partial charge in [0.15, 0.2) is 5.78 Å². The quantitative estimate of drug-likeness (QED) is 0.684. The number of carbonyl (C=O) groups is 1. The summed E-state index contributed by atoms with van der Waals surface area (Å²) in [5.74, 6) is 1.10. The van der Waals surface area contributed by atoms with Crippen LogP contribution < -0.4 is 0 Å². The normalized spacial score (nSPS) is 10.5. The zero-order chi connectivity index (χ0) is 12.3. The van der Waals surface area contributed by atoms with Gasteiger partial charge in [-0.3, -0.25) is 9.89 Å². The van der Waals surface area contributed by atoms with Crippen LogP contribution in [-0.2, 0) is 0 Å². The number of aryl methyl sites for hydroxylation is 1. The highest BCUT2D eigenvalue weighted by Crippen LogP contribution is 2.16. The molecule has 0 amide bonds. The number of aromatic nitrogens is 3. The highest BCUT2D eigenvalue weighted by atomic mass is 35.5. The number of hydrogen-bond donors (Lipinski definition) is 1. The number of rotatable bonds is 4. The monoisotopic (exact) mass is 267 g/mol. The predicted molar refractivity (Wildman–Crippen MR) is 67.6 cm³/mol. The van der Waals surface area contributed by atoms with E-state index < -0.39 is 0 Å². The Bertz CT molecular complexity index is 524. The molecule has 1 aromatic carbocycles. The second-order valence-electron chi connectivity index (χ2n) is 3.42. The summed E-state index contributed by atoms with van der Waals surface area (Å²) in [4.78, 5) is 15.9. The second kappa shape index (κ2) is 5.33. The number of nitrogens with one attached hydrogen (secondary N) is 1. The summed E-state index contributed by atoms with van der Waals surface area (Å²) in [5.41, 5.74) is 0.647. The summed E-state index contributed by atoms with van der Waals surface area (Å²) in [6.07, 6.45) is 0. The molecule has 0 radical (unpaired) electrons. The van der Waals surface area contributed by atoms with Gasteiger partial charge in [0, 0.05) is 10.6 Å². The Morgan fingerprint density at radius 2 is 2.12 bits per heavy atom. The minimum absolute atomic E-state index is 0.0362. The highest BCUT2D eigenvalue weighted by Gasteiger charge is 2.08. The molecule has 0 unspecified atom stereocenters. The van der Waals surface area contributed by atoms with E-state index in [1.54, 1.807) is 24.3 Å². The van der Waals surface area contributed by atoms with Crippen molar-refractivity contribution in [3.63, 3.8) is 0 Å². The lowest BCUT2D eigenvalue weighted by Crippen LogP contribution is -2.02. The standard InChI is InChI=1S/C11H10ClN3OS/c1-7-13-11(15-14-7)17-6-10(16)8-2-4-9(12)5-3-8/h2-5H,6H2,1H3,(H,13,14,15). The van der Waals surface area contributed by atoms with Crippen LogP contribution in [0.25, 0.3) is 0 Å². The van der Waals surface area contributed by atoms with Crippen molar-refractivity contribution < 1.29 is 4.79 Å². The fourth-order valence-electron chi connectivity index (χ4n) is 1.24. The van der Waals surface area contributed by atoms with Gasteiger partial charge in [0.2, 0.25) is 5.16 Å². The van der Waals surface area contributed by atoms with Crippen LogP contribution in [0.15, 0.2) is 29.4 Å². The summed E-state index contributed by atoms with van der Waals surface area (Å²) in [7, 11) is 0. The first-order valence-electron chi connectivity index (χ1n) is 4.96. The average molecular weight is 268 g/mol. The maximum Gasteiger partial charge on any atom is 0.208 e.